The molecule has 30 heavy (non-hydrogen) atoms. The zero-order chi connectivity index (χ0) is 20.6. The number of guanidine groups is 1. The second kappa shape index (κ2) is 12.0. The largest absolute Gasteiger partial charge is 0.496 e. The zero-order valence-corrected chi connectivity index (χ0v) is 20.7. The molecule has 9 heteroatoms. The molecule has 0 saturated carbocycles. The minimum Gasteiger partial charge on any atom is -0.496 e. The van der Waals surface area contributed by atoms with Gasteiger partial charge < -0.3 is 24.6 Å². The molecule has 1 aliphatic rings. The molecular formula is C21H29IN4O3S. The van der Waals surface area contributed by atoms with Crippen molar-refractivity contribution < 1.29 is 14.3 Å². The van der Waals surface area contributed by atoms with Gasteiger partial charge in [-0.05, 0) is 42.1 Å². The van der Waals surface area contributed by atoms with Crippen molar-refractivity contribution >= 4 is 52.2 Å². The van der Waals surface area contributed by atoms with Crippen molar-refractivity contribution in [2.24, 2.45) is 4.99 Å². The molecule has 1 saturated heterocycles. The van der Waals surface area contributed by atoms with Crippen molar-refractivity contribution in [1.82, 2.24) is 10.2 Å². The van der Waals surface area contributed by atoms with E-state index in [0.717, 1.165) is 44.2 Å². The maximum atomic E-state index is 11.8. The summed E-state index contributed by atoms with van der Waals surface area (Å²) in [5.41, 5.74) is 1.39. The summed E-state index contributed by atoms with van der Waals surface area (Å²) < 4.78 is 10.1. The van der Waals surface area contributed by atoms with Gasteiger partial charge in [-0.3, -0.25) is 0 Å². The van der Waals surface area contributed by atoms with E-state index in [0.29, 0.717) is 17.9 Å². The van der Waals surface area contributed by atoms with Crippen LogP contribution in [0.3, 0.4) is 0 Å². The molecule has 7 nitrogen and oxygen atoms in total. The second-order valence-corrected chi connectivity index (χ2v) is 7.55. The van der Waals surface area contributed by atoms with E-state index in [-0.39, 0.29) is 24.0 Å². The summed E-state index contributed by atoms with van der Waals surface area (Å²) >= 11 is 1.78. The smallest absolute Gasteiger partial charge is 0.341 e. The van der Waals surface area contributed by atoms with Gasteiger partial charge in [-0.2, -0.15) is 0 Å². The third-order valence-corrected chi connectivity index (χ3v) is 5.74. The number of hydrogen-bond acceptors (Lipinski definition) is 6. The van der Waals surface area contributed by atoms with Gasteiger partial charge >= 0.3 is 5.97 Å². The normalized spacial score (nSPS) is 14.2. The van der Waals surface area contributed by atoms with Crippen LogP contribution in [0, 0.1) is 0 Å². The predicted octanol–water partition coefficient (Wildman–Crippen LogP) is 3.45. The lowest BCUT2D eigenvalue weighted by atomic mass is 10.1. The van der Waals surface area contributed by atoms with E-state index >= 15 is 0 Å². The predicted molar refractivity (Wildman–Crippen MR) is 133 cm³/mol. The fraction of sp³-hybridized carbons (Fsp3) is 0.429. The molecule has 0 spiro atoms. The first-order chi connectivity index (χ1) is 14.2. The van der Waals surface area contributed by atoms with Crippen molar-refractivity contribution in [3.8, 4) is 5.75 Å². The van der Waals surface area contributed by atoms with Crippen molar-refractivity contribution in [3.05, 3.63) is 46.8 Å². The van der Waals surface area contributed by atoms with E-state index in [1.807, 2.05) is 12.1 Å². The summed E-state index contributed by atoms with van der Waals surface area (Å²) in [5.74, 6) is 1.00. The van der Waals surface area contributed by atoms with E-state index in [4.69, 9.17) is 14.5 Å². The van der Waals surface area contributed by atoms with Crippen LogP contribution in [0.2, 0.25) is 0 Å². The number of carbonyl (C=O) groups is 1. The van der Waals surface area contributed by atoms with E-state index < -0.39 is 5.97 Å². The van der Waals surface area contributed by atoms with Gasteiger partial charge in [-0.1, -0.05) is 6.07 Å². The second-order valence-electron chi connectivity index (χ2n) is 6.62. The highest BCUT2D eigenvalue weighted by atomic mass is 127. The Bertz CT molecular complexity index is 837. The molecule has 2 aromatic rings. The molecule has 0 aliphatic carbocycles. The summed E-state index contributed by atoms with van der Waals surface area (Å²) in [4.78, 5) is 21.4. The van der Waals surface area contributed by atoms with E-state index in [9.17, 15) is 4.79 Å². The highest BCUT2D eigenvalue weighted by molar-refractivity contribution is 14.0. The molecule has 1 aromatic heterocycles. The van der Waals surface area contributed by atoms with Crippen molar-refractivity contribution in [2.75, 3.05) is 51.8 Å². The van der Waals surface area contributed by atoms with Crippen molar-refractivity contribution in [1.29, 1.82) is 0 Å². The Morgan fingerprint density at radius 2 is 1.97 bits per heavy atom. The van der Waals surface area contributed by atoms with Crippen LogP contribution in [0.25, 0.3) is 0 Å². The fourth-order valence-electron chi connectivity index (χ4n) is 3.29. The molecule has 0 bridgehead atoms. The number of piperazine rings is 1. The molecule has 0 atom stereocenters. The number of halogens is 1. The Kier molecular flexibility index (Phi) is 9.70. The summed E-state index contributed by atoms with van der Waals surface area (Å²) in [7, 11) is 2.91. The van der Waals surface area contributed by atoms with Gasteiger partial charge in [0.25, 0.3) is 0 Å². The zero-order valence-electron chi connectivity index (χ0n) is 17.6. The Hall–Kier alpha value is -2.01. The molecule has 1 N–H and O–H groups in total. The molecule has 0 radical (unpaired) electrons. The van der Waals surface area contributed by atoms with Crippen LogP contribution in [-0.4, -0.2) is 63.8 Å². The molecule has 3 rings (SSSR count). The van der Waals surface area contributed by atoms with Crippen LogP contribution in [0.5, 0.6) is 5.75 Å². The number of methoxy groups -OCH3 is 2. The van der Waals surface area contributed by atoms with Crippen molar-refractivity contribution in [3.63, 3.8) is 0 Å². The van der Waals surface area contributed by atoms with Crippen molar-refractivity contribution in [2.45, 2.75) is 13.5 Å². The van der Waals surface area contributed by atoms with Crippen LogP contribution >= 0.6 is 35.3 Å². The van der Waals surface area contributed by atoms with Crippen LogP contribution in [0.1, 0.15) is 22.8 Å². The number of esters is 1. The quantitative estimate of drug-likeness (QED) is 0.260. The number of nitrogens with zero attached hydrogens (tertiary/aromatic N) is 3. The summed E-state index contributed by atoms with van der Waals surface area (Å²) in [6, 6.07) is 9.72. The Labute approximate surface area is 199 Å². The lowest BCUT2D eigenvalue weighted by molar-refractivity contribution is 0.0597. The molecule has 0 amide bonds. The van der Waals surface area contributed by atoms with Gasteiger partial charge in [0.05, 0.1) is 25.8 Å². The number of thiophene rings is 1. The number of nitrogens with one attached hydrogen (secondary N) is 1. The Morgan fingerprint density at radius 3 is 2.57 bits per heavy atom. The molecule has 1 fully saturated rings. The maximum absolute atomic E-state index is 11.8. The first-order valence-electron chi connectivity index (χ1n) is 9.73. The number of carbonyl (C=O) groups excluding carboxylic acids is 1. The van der Waals surface area contributed by atoms with Gasteiger partial charge in [0.15, 0.2) is 5.96 Å². The highest BCUT2D eigenvalue weighted by Gasteiger charge is 2.20. The number of rotatable bonds is 6. The first kappa shape index (κ1) is 24.3. The summed E-state index contributed by atoms with van der Waals surface area (Å²) in [6.07, 6.45) is 0. The molecule has 1 aromatic carbocycles. The number of hydrogen-bond donors (Lipinski definition) is 1. The average molecular weight is 544 g/mol. The molecule has 0 unspecified atom stereocenters. The standard InChI is InChI=1S/C21H28N4O3S.HI/c1-4-22-21(25-11-9-24(10-12-25)19-6-5-13-29-19)23-15-16-7-8-17(20(26)28-3)18(14-16)27-2;/h5-8,13-14H,4,9-12,15H2,1-3H3,(H,22,23);1H. The highest BCUT2D eigenvalue weighted by Crippen LogP contribution is 2.23. The monoisotopic (exact) mass is 544 g/mol. The van der Waals surface area contributed by atoms with Gasteiger partial charge in [0.2, 0.25) is 0 Å². The van der Waals surface area contributed by atoms with Gasteiger partial charge in [-0.25, -0.2) is 9.79 Å². The average Bonchev–Trinajstić information content (AvgIpc) is 3.31. The van der Waals surface area contributed by atoms with E-state index in [2.05, 4.69) is 39.6 Å². The number of ether oxygens (including phenoxy) is 2. The SMILES string of the molecule is CCNC(=NCc1ccc(C(=O)OC)c(OC)c1)N1CCN(c2cccs2)CC1.I. The number of aliphatic imine (C=N–C) groups is 1. The molecule has 2 heterocycles. The lowest BCUT2D eigenvalue weighted by Crippen LogP contribution is -2.52. The minimum absolute atomic E-state index is 0. The van der Waals surface area contributed by atoms with Gasteiger partial charge in [0.1, 0.15) is 11.3 Å². The number of benzene rings is 1. The van der Waals surface area contributed by atoms with Crippen LogP contribution in [0.15, 0.2) is 40.7 Å². The third-order valence-electron chi connectivity index (χ3n) is 4.81. The van der Waals surface area contributed by atoms with Crippen LogP contribution in [-0.2, 0) is 11.3 Å². The Balaban J connectivity index is 0.00000320. The molecule has 1 aliphatic heterocycles. The number of anilines is 1. The van der Waals surface area contributed by atoms with Gasteiger partial charge in [0, 0.05) is 32.7 Å². The topological polar surface area (TPSA) is 66.4 Å². The van der Waals surface area contributed by atoms with Crippen LogP contribution < -0.4 is 15.0 Å². The maximum Gasteiger partial charge on any atom is 0.341 e. The van der Waals surface area contributed by atoms with E-state index in [1.165, 1.54) is 12.1 Å². The summed E-state index contributed by atoms with van der Waals surface area (Å²) in [6.45, 7) is 7.20. The minimum atomic E-state index is -0.408. The third kappa shape index (κ3) is 6.00. The lowest BCUT2D eigenvalue weighted by Gasteiger charge is -2.37. The molecular weight excluding hydrogens is 515 g/mol. The summed E-state index contributed by atoms with van der Waals surface area (Å²) in [5, 5.41) is 6.84. The van der Waals surface area contributed by atoms with E-state index in [1.54, 1.807) is 24.5 Å². The fourth-order valence-corrected chi connectivity index (χ4v) is 4.08. The van der Waals surface area contributed by atoms with Gasteiger partial charge in [-0.15, -0.1) is 35.3 Å². The van der Waals surface area contributed by atoms with Crippen LogP contribution in [0.4, 0.5) is 5.00 Å². The first-order valence-corrected chi connectivity index (χ1v) is 10.6. The molecule has 164 valence electrons. The Morgan fingerprint density at radius 1 is 1.20 bits per heavy atom.